The van der Waals surface area contributed by atoms with Gasteiger partial charge in [-0.2, -0.15) is 0 Å². The molecule has 0 spiro atoms. The molecule has 0 aliphatic carbocycles. The van der Waals surface area contributed by atoms with Gasteiger partial charge in [-0.15, -0.1) is 0 Å². The summed E-state index contributed by atoms with van der Waals surface area (Å²) in [5, 5.41) is 2.18. The fourth-order valence-corrected chi connectivity index (χ4v) is 0.914. The Balaban J connectivity index is 2.41. The monoisotopic (exact) mass is 187 g/mol. The van der Waals surface area contributed by atoms with E-state index in [2.05, 4.69) is 14.8 Å². The average Bonchev–Trinajstić information content (AvgIpc) is 2.30. The third kappa shape index (κ3) is 2.43. The van der Waals surface area contributed by atoms with Crippen LogP contribution in [0.15, 0.2) is 0 Å². The van der Waals surface area contributed by atoms with Crippen molar-refractivity contribution in [3.8, 4) is 0 Å². The van der Waals surface area contributed by atoms with Crippen LogP contribution in [-0.2, 0) is 19.1 Å². The Morgan fingerprint density at radius 1 is 1.62 bits per heavy atom. The summed E-state index contributed by atoms with van der Waals surface area (Å²) in [6.07, 6.45) is -1.00. The molecule has 6 nitrogen and oxygen atoms in total. The van der Waals surface area contributed by atoms with Gasteiger partial charge < -0.3 is 14.8 Å². The second kappa shape index (κ2) is 3.88. The maximum absolute atomic E-state index is 10.9. The van der Waals surface area contributed by atoms with Crippen LogP contribution in [0.1, 0.15) is 13.3 Å². The number of amides is 1. The number of carbonyl (C=O) groups excluding carboxylic acids is 3. The zero-order chi connectivity index (χ0) is 9.84. The molecule has 0 unspecified atom stereocenters. The van der Waals surface area contributed by atoms with Gasteiger partial charge in [-0.1, -0.05) is 0 Å². The van der Waals surface area contributed by atoms with Crippen LogP contribution in [0.3, 0.4) is 0 Å². The summed E-state index contributed by atoms with van der Waals surface area (Å²) < 4.78 is 8.75. The first-order valence-corrected chi connectivity index (χ1v) is 3.81. The van der Waals surface area contributed by atoms with E-state index in [9.17, 15) is 14.4 Å². The van der Waals surface area contributed by atoms with Gasteiger partial charge in [0.15, 0.2) is 0 Å². The van der Waals surface area contributed by atoms with Gasteiger partial charge in [-0.05, 0) is 6.92 Å². The standard InChI is InChI=1S/C7H9NO5/c1-2-12-5(9)3-4-6(10)13-7(11)8-4/h4H,2-3H2,1H3,(H,8,11)/t4-/m0/s1. The minimum Gasteiger partial charge on any atom is -0.466 e. The smallest absolute Gasteiger partial charge is 0.415 e. The number of esters is 2. The highest BCUT2D eigenvalue weighted by Crippen LogP contribution is 2.05. The maximum atomic E-state index is 10.9. The van der Waals surface area contributed by atoms with E-state index in [0.717, 1.165) is 0 Å². The summed E-state index contributed by atoms with van der Waals surface area (Å²) in [7, 11) is 0. The van der Waals surface area contributed by atoms with E-state index in [1.54, 1.807) is 6.92 Å². The minimum absolute atomic E-state index is 0.182. The molecule has 0 radical (unpaired) electrons. The highest BCUT2D eigenvalue weighted by Gasteiger charge is 2.34. The van der Waals surface area contributed by atoms with Gasteiger partial charge in [0, 0.05) is 0 Å². The summed E-state index contributed by atoms with van der Waals surface area (Å²) in [5.41, 5.74) is 0. The number of hydrogen-bond acceptors (Lipinski definition) is 5. The Morgan fingerprint density at radius 2 is 2.31 bits per heavy atom. The zero-order valence-electron chi connectivity index (χ0n) is 7.03. The van der Waals surface area contributed by atoms with Crippen LogP contribution in [0, 0.1) is 0 Å². The predicted octanol–water partition coefficient (Wildman–Crippen LogP) is -0.425. The van der Waals surface area contributed by atoms with Gasteiger partial charge in [0.05, 0.1) is 13.0 Å². The van der Waals surface area contributed by atoms with Crippen molar-refractivity contribution in [1.29, 1.82) is 0 Å². The third-order valence-corrected chi connectivity index (χ3v) is 1.45. The van der Waals surface area contributed by atoms with Crippen LogP contribution >= 0.6 is 0 Å². The van der Waals surface area contributed by atoms with Crippen LogP contribution in [0.25, 0.3) is 0 Å². The molecular formula is C7H9NO5. The number of carbonyl (C=O) groups is 3. The summed E-state index contributed by atoms with van der Waals surface area (Å²) in [6.45, 7) is 1.90. The highest BCUT2D eigenvalue weighted by atomic mass is 16.6. The maximum Gasteiger partial charge on any atom is 0.415 e. The molecule has 72 valence electrons. The molecule has 1 heterocycles. The molecule has 0 aromatic rings. The quantitative estimate of drug-likeness (QED) is 0.479. The molecule has 1 aliphatic heterocycles. The van der Waals surface area contributed by atoms with E-state index in [1.807, 2.05) is 0 Å². The second-order valence-corrected chi connectivity index (χ2v) is 2.41. The van der Waals surface area contributed by atoms with Gasteiger partial charge in [0.2, 0.25) is 0 Å². The molecule has 1 amide bonds. The zero-order valence-corrected chi connectivity index (χ0v) is 7.03. The van der Waals surface area contributed by atoms with Crippen molar-refractivity contribution in [3.05, 3.63) is 0 Å². The first-order chi connectivity index (χ1) is 6.13. The van der Waals surface area contributed by atoms with Crippen molar-refractivity contribution in [2.75, 3.05) is 6.61 Å². The first kappa shape index (κ1) is 9.50. The lowest BCUT2D eigenvalue weighted by Gasteiger charge is -2.03. The van der Waals surface area contributed by atoms with E-state index in [-0.39, 0.29) is 13.0 Å². The van der Waals surface area contributed by atoms with Crippen LogP contribution in [-0.4, -0.2) is 30.7 Å². The number of hydrogen-bond donors (Lipinski definition) is 1. The lowest BCUT2D eigenvalue weighted by Crippen LogP contribution is -2.31. The molecule has 1 atom stereocenters. The van der Waals surface area contributed by atoms with Crippen molar-refractivity contribution in [3.63, 3.8) is 0 Å². The third-order valence-electron chi connectivity index (χ3n) is 1.45. The molecule has 1 rings (SSSR count). The number of rotatable bonds is 3. The number of nitrogens with one attached hydrogen (secondary N) is 1. The molecule has 1 N–H and O–H groups in total. The van der Waals surface area contributed by atoms with Crippen molar-refractivity contribution in [2.45, 2.75) is 19.4 Å². The predicted molar refractivity (Wildman–Crippen MR) is 39.7 cm³/mol. The number of cyclic esters (lactones) is 2. The van der Waals surface area contributed by atoms with Gasteiger partial charge >= 0.3 is 18.0 Å². The van der Waals surface area contributed by atoms with Crippen molar-refractivity contribution in [1.82, 2.24) is 5.32 Å². The molecule has 1 saturated heterocycles. The second-order valence-electron chi connectivity index (χ2n) is 2.41. The topological polar surface area (TPSA) is 81.7 Å². The molecule has 0 aromatic carbocycles. The van der Waals surface area contributed by atoms with Gasteiger partial charge in [0.1, 0.15) is 6.04 Å². The van der Waals surface area contributed by atoms with E-state index >= 15 is 0 Å². The van der Waals surface area contributed by atoms with E-state index < -0.39 is 24.1 Å². The fraction of sp³-hybridized carbons (Fsp3) is 0.571. The Kier molecular flexibility index (Phi) is 2.84. The Bertz CT molecular complexity index is 249. The summed E-state index contributed by atoms with van der Waals surface area (Å²) in [5.74, 6) is -1.27. The first-order valence-electron chi connectivity index (χ1n) is 3.81. The molecule has 0 bridgehead atoms. The molecule has 0 aromatic heterocycles. The number of ether oxygens (including phenoxy) is 2. The average molecular weight is 187 g/mol. The van der Waals surface area contributed by atoms with Gasteiger partial charge in [0.25, 0.3) is 0 Å². The highest BCUT2D eigenvalue weighted by molar-refractivity contribution is 5.97. The lowest BCUT2D eigenvalue weighted by atomic mass is 10.2. The Hall–Kier alpha value is -1.59. The largest absolute Gasteiger partial charge is 0.466 e. The molecule has 1 fully saturated rings. The van der Waals surface area contributed by atoms with Crippen molar-refractivity contribution < 1.29 is 23.9 Å². The van der Waals surface area contributed by atoms with Crippen LogP contribution in [0.5, 0.6) is 0 Å². The molecule has 0 saturated carbocycles. The van der Waals surface area contributed by atoms with E-state index in [0.29, 0.717) is 0 Å². The molecule has 1 aliphatic rings. The van der Waals surface area contributed by atoms with Gasteiger partial charge in [-0.3, -0.25) is 4.79 Å². The normalized spacial score (nSPS) is 20.8. The fourth-order valence-electron chi connectivity index (χ4n) is 0.914. The van der Waals surface area contributed by atoms with Gasteiger partial charge in [-0.25, -0.2) is 9.59 Å². The van der Waals surface area contributed by atoms with Crippen LogP contribution in [0.4, 0.5) is 4.79 Å². The summed E-state index contributed by atoms with van der Waals surface area (Å²) in [4.78, 5) is 32.2. The summed E-state index contributed by atoms with van der Waals surface area (Å²) >= 11 is 0. The van der Waals surface area contributed by atoms with Crippen LogP contribution < -0.4 is 5.32 Å². The molecule has 13 heavy (non-hydrogen) atoms. The SMILES string of the molecule is CCOC(=O)C[C@@H]1NC(=O)OC1=O. The number of alkyl carbamates (subject to hydrolysis) is 1. The minimum atomic E-state index is -0.897. The van der Waals surface area contributed by atoms with Crippen molar-refractivity contribution >= 4 is 18.0 Å². The Labute approximate surface area is 74.2 Å². The molecule has 6 heteroatoms. The summed E-state index contributed by atoms with van der Waals surface area (Å²) in [6, 6.07) is -0.897. The van der Waals surface area contributed by atoms with E-state index in [1.165, 1.54) is 0 Å². The van der Waals surface area contributed by atoms with E-state index in [4.69, 9.17) is 0 Å². The Morgan fingerprint density at radius 3 is 2.77 bits per heavy atom. The van der Waals surface area contributed by atoms with Crippen LogP contribution in [0.2, 0.25) is 0 Å². The lowest BCUT2D eigenvalue weighted by molar-refractivity contribution is -0.147. The molecular weight excluding hydrogens is 178 g/mol. The van der Waals surface area contributed by atoms with Crippen molar-refractivity contribution in [2.24, 2.45) is 0 Å².